The molecule has 2 heterocycles. The third-order valence-electron chi connectivity index (χ3n) is 6.85. The molecule has 0 saturated carbocycles. The van der Waals surface area contributed by atoms with E-state index in [0.717, 1.165) is 12.1 Å². The Labute approximate surface area is 262 Å². The summed E-state index contributed by atoms with van der Waals surface area (Å²) in [6.07, 6.45) is 0.859. The van der Waals surface area contributed by atoms with Crippen molar-refractivity contribution in [2.45, 2.75) is 71.3 Å². The number of pyridine rings is 1. The van der Waals surface area contributed by atoms with Crippen molar-refractivity contribution in [1.82, 2.24) is 20.1 Å². The lowest BCUT2D eigenvalue weighted by molar-refractivity contribution is 0.0501. The molecule has 1 amide bonds. The smallest absolute Gasteiger partial charge is 0.408 e. The average Bonchev–Trinajstić information content (AvgIpc) is 3.33. The molecule has 4 aromatic rings. The van der Waals surface area contributed by atoms with Crippen LogP contribution in [-0.2, 0) is 27.4 Å². The molecule has 2 aromatic carbocycles. The van der Waals surface area contributed by atoms with Gasteiger partial charge in [0.25, 0.3) is 0 Å². The number of carbonyl (C=O) groups excluding carboxylic acids is 2. The van der Waals surface area contributed by atoms with E-state index in [-0.39, 0.29) is 13.2 Å². The monoisotopic (exact) mass is 638 g/mol. The predicted molar refractivity (Wildman–Crippen MR) is 171 cm³/mol. The number of benzene rings is 2. The number of nitrogens with zero attached hydrogens (tertiary/aromatic N) is 3. The van der Waals surface area contributed by atoms with E-state index < -0.39 is 43.4 Å². The van der Waals surface area contributed by atoms with E-state index in [9.17, 15) is 18.4 Å². The summed E-state index contributed by atoms with van der Waals surface area (Å²) in [6.45, 7) is 12.8. The minimum Gasteiger partial charge on any atom is -0.465 e. The van der Waals surface area contributed by atoms with E-state index in [4.69, 9.17) is 19.2 Å². The van der Waals surface area contributed by atoms with Gasteiger partial charge in [0, 0.05) is 26.3 Å². The molecule has 0 aliphatic carbocycles. The Hall–Kier alpha value is -4.16. The molecule has 1 N–H and O–H groups in total. The van der Waals surface area contributed by atoms with Gasteiger partial charge >= 0.3 is 12.1 Å². The average molecular weight is 639 g/mol. The first-order valence-corrected chi connectivity index (χ1v) is 18.4. The molecule has 0 saturated heterocycles. The maximum Gasteiger partial charge on any atom is 0.408 e. The number of hydrogen-bond acceptors (Lipinski definition) is 7. The van der Waals surface area contributed by atoms with Crippen molar-refractivity contribution >= 4 is 31.2 Å². The van der Waals surface area contributed by atoms with Crippen molar-refractivity contribution in [1.29, 1.82) is 0 Å². The first kappa shape index (κ1) is 33.7. The van der Waals surface area contributed by atoms with Gasteiger partial charge in [-0.15, -0.1) is 0 Å². The third kappa shape index (κ3) is 9.41. The predicted octanol–water partition coefficient (Wildman–Crippen LogP) is 7.28. The van der Waals surface area contributed by atoms with Crippen molar-refractivity contribution in [3.05, 3.63) is 83.2 Å². The summed E-state index contributed by atoms with van der Waals surface area (Å²) in [5.41, 5.74) is 2.56. The fourth-order valence-electron chi connectivity index (χ4n) is 4.71. The van der Waals surface area contributed by atoms with Gasteiger partial charge in [-0.25, -0.2) is 28.0 Å². The highest BCUT2D eigenvalue weighted by Gasteiger charge is 2.26. The molecular weight excluding hydrogens is 598 g/mol. The second-order valence-electron chi connectivity index (χ2n) is 13.1. The van der Waals surface area contributed by atoms with E-state index in [1.54, 1.807) is 55.9 Å². The molecule has 4 rings (SSSR count). The molecule has 1 atom stereocenters. The maximum absolute atomic E-state index is 14.2. The summed E-state index contributed by atoms with van der Waals surface area (Å²) < 4.78 is 46.6. The summed E-state index contributed by atoms with van der Waals surface area (Å²) in [6, 6.07) is 12.0. The van der Waals surface area contributed by atoms with E-state index in [0.29, 0.717) is 45.6 Å². The number of alkyl carbamates (subject to hydrolysis) is 1. The first-order valence-electron chi connectivity index (χ1n) is 14.7. The third-order valence-corrected chi connectivity index (χ3v) is 8.55. The van der Waals surface area contributed by atoms with Gasteiger partial charge in [-0.1, -0.05) is 31.8 Å². The van der Waals surface area contributed by atoms with Crippen molar-refractivity contribution in [2.24, 2.45) is 0 Å². The van der Waals surface area contributed by atoms with Crippen molar-refractivity contribution in [3.8, 4) is 11.1 Å². The van der Waals surface area contributed by atoms with E-state index >= 15 is 0 Å². The minimum absolute atomic E-state index is 0.00986. The molecule has 0 bridgehead atoms. The number of halogens is 2. The molecule has 0 aliphatic heterocycles. The summed E-state index contributed by atoms with van der Waals surface area (Å²) in [5.74, 6) is -2.01. The fourth-order valence-corrected chi connectivity index (χ4v) is 5.47. The van der Waals surface area contributed by atoms with Crippen molar-refractivity contribution in [2.75, 3.05) is 13.7 Å². The Morgan fingerprint density at radius 2 is 1.76 bits per heavy atom. The van der Waals surface area contributed by atoms with Gasteiger partial charge in [0.1, 0.15) is 29.5 Å². The van der Waals surface area contributed by atoms with Gasteiger partial charge in [0.05, 0.1) is 36.1 Å². The molecular formula is C33H40F2N4O5Si. The Morgan fingerprint density at radius 1 is 1.04 bits per heavy atom. The summed E-state index contributed by atoms with van der Waals surface area (Å²) in [4.78, 5) is 30.4. The Balaban J connectivity index is 1.85. The molecule has 2 aromatic heterocycles. The highest BCUT2D eigenvalue weighted by atomic mass is 28.3. The largest absolute Gasteiger partial charge is 0.465 e. The van der Waals surface area contributed by atoms with Crippen LogP contribution in [0.5, 0.6) is 0 Å². The number of fused-ring (bicyclic) bond motifs is 1. The van der Waals surface area contributed by atoms with Crippen molar-refractivity contribution in [3.63, 3.8) is 0 Å². The van der Waals surface area contributed by atoms with Gasteiger partial charge in [-0.05, 0) is 74.7 Å². The molecule has 0 radical (unpaired) electrons. The van der Waals surface area contributed by atoms with Crippen LogP contribution in [0.15, 0.2) is 54.7 Å². The summed E-state index contributed by atoms with van der Waals surface area (Å²) in [7, 11) is 0.0105. The van der Waals surface area contributed by atoms with E-state index in [1.807, 2.05) is 6.07 Å². The van der Waals surface area contributed by atoms with Crippen LogP contribution in [0.1, 0.15) is 48.4 Å². The van der Waals surface area contributed by atoms with E-state index in [1.165, 1.54) is 19.2 Å². The van der Waals surface area contributed by atoms with Gasteiger partial charge in [-0.2, -0.15) is 5.10 Å². The van der Waals surface area contributed by atoms with Crippen LogP contribution in [0.2, 0.25) is 25.7 Å². The van der Waals surface area contributed by atoms with Crippen LogP contribution in [0, 0.1) is 11.6 Å². The van der Waals surface area contributed by atoms with Crippen LogP contribution < -0.4 is 5.32 Å². The Bertz CT molecular complexity index is 1660. The van der Waals surface area contributed by atoms with Crippen LogP contribution in [0.3, 0.4) is 0 Å². The lowest BCUT2D eigenvalue weighted by Crippen LogP contribution is -2.36. The van der Waals surface area contributed by atoms with E-state index in [2.05, 4.69) is 30.1 Å². The molecule has 240 valence electrons. The van der Waals surface area contributed by atoms with Gasteiger partial charge in [0.2, 0.25) is 0 Å². The zero-order valence-electron chi connectivity index (χ0n) is 26.7. The number of rotatable bonds is 11. The summed E-state index contributed by atoms with van der Waals surface area (Å²) >= 11 is 0. The lowest BCUT2D eigenvalue weighted by Gasteiger charge is -2.25. The van der Waals surface area contributed by atoms with Crippen LogP contribution in [0.4, 0.5) is 13.6 Å². The molecule has 12 heteroatoms. The van der Waals surface area contributed by atoms with Crippen molar-refractivity contribution < 1.29 is 32.6 Å². The SMILES string of the molecule is COC(=O)c1cccc(-c2cc3c(cnn3COCC[Si](C)(C)C)nc2[C@H](Cc2cc(F)cc(F)c2)NC(=O)OC(C)(C)C)c1. The molecule has 0 spiro atoms. The fraction of sp³-hybridized carbons (Fsp3) is 0.394. The van der Waals surface area contributed by atoms with Crippen LogP contribution in [0.25, 0.3) is 22.2 Å². The number of ether oxygens (including phenoxy) is 3. The van der Waals surface area contributed by atoms with Crippen LogP contribution >= 0.6 is 0 Å². The zero-order chi connectivity index (χ0) is 32.9. The normalized spacial score (nSPS) is 12.6. The number of carbonyl (C=O) groups is 2. The molecule has 45 heavy (non-hydrogen) atoms. The number of nitrogens with one attached hydrogen (secondary N) is 1. The quantitative estimate of drug-likeness (QED) is 0.105. The highest BCUT2D eigenvalue weighted by molar-refractivity contribution is 6.76. The summed E-state index contributed by atoms with van der Waals surface area (Å²) in [5, 5.41) is 7.35. The van der Waals surface area contributed by atoms with Gasteiger partial charge in [-0.3, -0.25) is 0 Å². The molecule has 9 nitrogen and oxygen atoms in total. The number of methoxy groups -OCH3 is 1. The standard InChI is InChI=1S/C33H40F2N4O5Si/c1-33(2,3)44-32(41)38-27(15-21-13-24(34)17-25(35)14-21)30-26(22-9-8-10-23(16-22)31(40)42-4)18-29-28(37-30)19-36-39(29)20-43-11-12-45(5,6)7/h8-10,13-14,16-19,27H,11-12,15,20H2,1-7H3,(H,38,41)/t27-/m0/s1. The first-order chi connectivity index (χ1) is 21.1. The maximum atomic E-state index is 14.2. The molecule has 0 unspecified atom stereocenters. The van der Waals surface area contributed by atoms with Gasteiger partial charge in [0.15, 0.2) is 0 Å². The molecule has 0 fully saturated rings. The minimum atomic E-state index is -1.29. The number of hydrogen-bond donors (Lipinski definition) is 1. The highest BCUT2D eigenvalue weighted by Crippen LogP contribution is 2.33. The lowest BCUT2D eigenvalue weighted by atomic mass is 9.94. The van der Waals surface area contributed by atoms with Crippen LogP contribution in [-0.4, -0.2) is 54.2 Å². The Morgan fingerprint density at radius 3 is 2.40 bits per heavy atom. The number of amides is 1. The zero-order valence-corrected chi connectivity index (χ0v) is 27.7. The second kappa shape index (κ2) is 13.9. The topological polar surface area (TPSA) is 105 Å². The number of esters is 1. The number of aromatic nitrogens is 3. The molecule has 0 aliphatic rings. The second-order valence-corrected chi connectivity index (χ2v) is 18.7. The Kier molecular flexibility index (Phi) is 10.4. The van der Waals surface area contributed by atoms with Gasteiger partial charge < -0.3 is 19.5 Å².